The molecular formula is C23H24N2O4. The van der Waals surface area contributed by atoms with E-state index in [1.165, 1.54) is 19.3 Å². The molecule has 4 fully saturated rings. The Morgan fingerprint density at radius 1 is 1.21 bits per heavy atom. The van der Waals surface area contributed by atoms with Crippen LogP contribution in [0.4, 0.5) is 0 Å². The minimum atomic E-state index is -0.375. The molecule has 6 nitrogen and oxygen atoms in total. The Morgan fingerprint density at radius 3 is 2.52 bits per heavy atom. The standard InChI is InChI=1S/C23H24N2O4/c1-27-20-10-14(2-3-19(20)28-5-4-24)9-18-21(26)29-22(25-18)23-11-15-6-16(12-23)8-17(7-15)13-23/h2-3,9-10,15-17H,5-8,11-13H2,1H3/b18-9-. The van der Waals surface area contributed by atoms with Crippen LogP contribution >= 0.6 is 0 Å². The second-order valence-corrected chi connectivity index (χ2v) is 8.89. The average molecular weight is 392 g/mol. The van der Waals surface area contributed by atoms with Gasteiger partial charge in [0, 0.05) is 5.41 Å². The van der Waals surface area contributed by atoms with Crippen LogP contribution in [0.2, 0.25) is 0 Å². The summed E-state index contributed by atoms with van der Waals surface area (Å²) >= 11 is 0. The second kappa shape index (κ2) is 6.91. The molecule has 0 spiro atoms. The molecule has 0 N–H and O–H groups in total. The molecular weight excluding hydrogens is 368 g/mol. The molecule has 5 aliphatic rings. The molecule has 4 saturated carbocycles. The molecule has 150 valence electrons. The third-order valence-corrected chi connectivity index (χ3v) is 6.90. The maximum atomic E-state index is 12.5. The number of esters is 1. The SMILES string of the molecule is COc1cc(/C=C2\N=C(C34CC5CC(CC(C5)C3)C4)OC2=O)ccc1OCC#N. The summed E-state index contributed by atoms with van der Waals surface area (Å²) in [5, 5.41) is 8.69. The number of hydrogen-bond donors (Lipinski definition) is 0. The van der Waals surface area contributed by atoms with Crippen molar-refractivity contribution in [3.63, 3.8) is 0 Å². The van der Waals surface area contributed by atoms with Gasteiger partial charge >= 0.3 is 5.97 Å². The van der Waals surface area contributed by atoms with Gasteiger partial charge in [0.1, 0.15) is 6.07 Å². The molecule has 6 rings (SSSR count). The highest BCUT2D eigenvalue weighted by Crippen LogP contribution is 2.61. The van der Waals surface area contributed by atoms with Gasteiger partial charge < -0.3 is 14.2 Å². The summed E-state index contributed by atoms with van der Waals surface area (Å²) in [7, 11) is 1.54. The van der Waals surface area contributed by atoms with E-state index in [-0.39, 0.29) is 18.0 Å². The molecule has 0 atom stereocenters. The fourth-order valence-electron chi connectivity index (χ4n) is 6.17. The predicted octanol–water partition coefficient (Wildman–Crippen LogP) is 4.11. The summed E-state index contributed by atoms with van der Waals surface area (Å²) in [6.07, 6.45) is 9.06. The van der Waals surface area contributed by atoms with Crippen LogP contribution in [-0.4, -0.2) is 25.6 Å². The van der Waals surface area contributed by atoms with Gasteiger partial charge in [0.2, 0.25) is 5.90 Å². The molecule has 0 unspecified atom stereocenters. The lowest BCUT2D eigenvalue weighted by molar-refractivity contribution is -0.131. The van der Waals surface area contributed by atoms with Gasteiger partial charge in [0.05, 0.1) is 7.11 Å². The number of carbonyl (C=O) groups excluding carboxylic acids is 1. The van der Waals surface area contributed by atoms with Crippen molar-refractivity contribution in [3.8, 4) is 17.6 Å². The number of aliphatic imine (C=N–C) groups is 1. The quantitative estimate of drug-likeness (QED) is 0.556. The molecule has 0 aromatic heterocycles. The maximum Gasteiger partial charge on any atom is 0.363 e. The Morgan fingerprint density at radius 2 is 1.90 bits per heavy atom. The van der Waals surface area contributed by atoms with Gasteiger partial charge in [-0.15, -0.1) is 0 Å². The number of benzene rings is 1. The van der Waals surface area contributed by atoms with Crippen molar-refractivity contribution in [2.24, 2.45) is 28.2 Å². The number of ether oxygens (including phenoxy) is 3. The number of hydrogen-bond acceptors (Lipinski definition) is 6. The molecule has 0 saturated heterocycles. The summed E-state index contributed by atoms with van der Waals surface area (Å²) in [4.78, 5) is 17.2. The van der Waals surface area contributed by atoms with Crippen LogP contribution < -0.4 is 9.47 Å². The van der Waals surface area contributed by atoms with Gasteiger partial charge in [-0.3, -0.25) is 0 Å². The van der Waals surface area contributed by atoms with E-state index in [0.717, 1.165) is 42.6 Å². The molecule has 1 aliphatic heterocycles. The number of rotatable bonds is 5. The Balaban J connectivity index is 1.42. The highest BCUT2D eigenvalue weighted by Gasteiger charge is 2.55. The number of carbonyl (C=O) groups is 1. The lowest BCUT2D eigenvalue weighted by atomic mass is 9.49. The molecule has 0 amide bonds. The van der Waals surface area contributed by atoms with Crippen molar-refractivity contribution in [1.82, 2.24) is 0 Å². The summed E-state index contributed by atoms with van der Waals surface area (Å²) in [6.45, 7) is -0.0537. The van der Waals surface area contributed by atoms with Crippen molar-refractivity contribution in [1.29, 1.82) is 5.26 Å². The highest BCUT2D eigenvalue weighted by molar-refractivity contribution is 6.09. The molecule has 4 aliphatic carbocycles. The Labute approximate surface area is 170 Å². The molecule has 29 heavy (non-hydrogen) atoms. The van der Waals surface area contributed by atoms with E-state index in [4.69, 9.17) is 19.5 Å². The topological polar surface area (TPSA) is 80.9 Å². The number of nitriles is 1. The van der Waals surface area contributed by atoms with E-state index in [2.05, 4.69) is 4.99 Å². The van der Waals surface area contributed by atoms with E-state index in [9.17, 15) is 4.79 Å². The van der Waals surface area contributed by atoms with Gasteiger partial charge in [-0.2, -0.15) is 5.26 Å². The fourth-order valence-corrected chi connectivity index (χ4v) is 6.17. The Hall–Kier alpha value is -2.81. The first kappa shape index (κ1) is 18.2. The second-order valence-electron chi connectivity index (χ2n) is 8.89. The first-order chi connectivity index (χ1) is 14.1. The van der Waals surface area contributed by atoms with Crippen molar-refractivity contribution in [2.45, 2.75) is 38.5 Å². The van der Waals surface area contributed by atoms with E-state index >= 15 is 0 Å². The summed E-state index contributed by atoms with van der Waals surface area (Å²) in [6, 6.07) is 7.25. The molecule has 1 aromatic rings. The van der Waals surface area contributed by atoms with E-state index in [0.29, 0.717) is 23.1 Å². The minimum absolute atomic E-state index is 0.0350. The van der Waals surface area contributed by atoms with E-state index in [1.54, 1.807) is 25.3 Å². The zero-order chi connectivity index (χ0) is 20.0. The summed E-state index contributed by atoms with van der Waals surface area (Å²) < 4.78 is 16.4. The van der Waals surface area contributed by atoms with Crippen LogP contribution in [0.3, 0.4) is 0 Å². The van der Waals surface area contributed by atoms with Gasteiger partial charge in [-0.1, -0.05) is 6.07 Å². The van der Waals surface area contributed by atoms with Crippen molar-refractivity contribution >= 4 is 17.9 Å². The van der Waals surface area contributed by atoms with Gasteiger partial charge in [0.25, 0.3) is 0 Å². The third kappa shape index (κ3) is 3.19. The van der Waals surface area contributed by atoms with E-state index in [1.807, 2.05) is 12.1 Å². The van der Waals surface area contributed by atoms with Crippen LogP contribution in [-0.2, 0) is 9.53 Å². The molecule has 4 bridgehead atoms. The maximum absolute atomic E-state index is 12.5. The smallest absolute Gasteiger partial charge is 0.363 e. The normalized spacial score (nSPS) is 33.4. The highest BCUT2D eigenvalue weighted by atomic mass is 16.6. The van der Waals surface area contributed by atoms with Gasteiger partial charge in [-0.25, -0.2) is 9.79 Å². The Kier molecular flexibility index (Phi) is 4.34. The zero-order valence-electron chi connectivity index (χ0n) is 16.5. The van der Waals surface area contributed by atoms with Crippen LogP contribution in [0.25, 0.3) is 6.08 Å². The lowest BCUT2D eigenvalue weighted by Gasteiger charge is -2.55. The summed E-state index contributed by atoms with van der Waals surface area (Å²) in [5.74, 6) is 3.56. The molecule has 0 radical (unpaired) electrons. The predicted molar refractivity (Wildman–Crippen MR) is 106 cm³/mol. The van der Waals surface area contributed by atoms with Gasteiger partial charge in [-0.05, 0) is 80.1 Å². The first-order valence-electron chi connectivity index (χ1n) is 10.3. The minimum Gasteiger partial charge on any atom is -0.493 e. The van der Waals surface area contributed by atoms with Crippen molar-refractivity contribution in [2.75, 3.05) is 13.7 Å². The third-order valence-electron chi connectivity index (χ3n) is 6.90. The van der Waals surface area contributed by atoms with Crippen LogP contribution in [0, 0.1) is 34.5 Å². The number of cyclic esters (lactones) is 1. The largest absolute Gasteiger partial charge is 0.493 e. The van der Waals surface area contributed by atoms with Crippen LogP contribution in [0.15, 0.2) is 28.9 Å². The van der Waals surface area contributed by atoms with E-state index < -0.39 is 0 Å². The van der Waals surface area contributed by atoms with Crippen molar-refractivity contribution in [3.05, 3.63) is 29.5 Å². The monoisotopic (exact) mass is 392 g/mol. The molecule has 1 aromatic carbocycles. The lowest BCUT2D eigenvalue weighted by Crippen LogP contribution is -2.50. The van der Waals surface area contributed by atoms with Gasteiger partial charge in [0.15, 0.2) is 23.8 Å². The molecule has 6 heteroatoms. The number of methoxy groups -OCH3 is 1. The zero-order valence-corrected chi connectivity index (χ0v) is 16.5. The molecule has 1 heterocycles. The first-order valence-corrected chi connectivity index (χ1v) is 10.3. The Bertz CT molecular complexity index is 921. The van der Waals surface area contributed by atoms with Crippen LogP contribution in [0.1, 0.15) is 44.1 Å². The van der Waals surface area contributed by atoms with Crippen LogP contribution in [0.5, 0.6) is 11.5 Å². The number of nitrogens with zero attached hydrogens (tertiary/aromatic N) is 2. The fraction of sp³-hybridized carbons (Fsp3) is 0.522. The van der Waals surface area contributed by atoms with Crippen molar-refractivity contribution < 1.29 is 19.0 Å². The average Bonchev–Trinajstić information content (AvgIpc) is 3.07. The summed E-state index contributed by atoms with van der Waals surface area (Å²) in [5.41, 5.74) is 1.07.